The maximum atomic E-state index is 6.77. The Bertz CT molecular complexity index is 2250. The molecule has 0 spiro atoms. The molecule has 3 aliphatic rings. The predicted molar refractivity (Wildman–Crippen MR) is 189 cm³/mol. The largest absolute Gasteiger partial charge is 0.458 e. The molecule has 3 aliphatic heterocycles. The van der Waals surface area contributed by atoms with E-state index in [1.807, 2.05) is 0 Å². The molecule has 3 nitrogen and oxygen atoms in total. The molecule has 4 heteroatoms. The first-order valence-corrected chi connectivity index (χ1v) is 15.7. The molecule has 7 aromatic rings. The van der Waals surface area contributed by atoms with Crippen LogP contribution >= 0.6 is 0 Å². The number of ether oxygens (including phenoxy) is 2. The molecule has 0 unspecified atom stereocenters. The van der Waals surface area contributed by atoms with Crippen molar-refractivity contribution in [3.63, 3.8) is 0 Å². The van der Waals surface area contributed by atoms with Crippen LogP contribution in [0.1, 0.15) is 0 Å². The zero-order valence-electron chi connectivity index (χ0n) is 24.9. The molecule has 0 radical (unpaired) electrons. The fourth-order valence-electron chi connectivity index (χ4n) is 7.48. The van der Waals surface area contributed by atoms with Crippen LogP contribution < -0.4 is 30.8 Å². The molecule has 0 amide bonds. The number of para-hydroxylation sites is 1. The summed E-state index contributed by atoms with van der Waals surface area (Å²) in [5, 5.41) is 0. The lowest BCUT2D eigenvalue weighted by Crippen LogP contribution is -2.61. The van der Waals surface area contributed by atoms with Gasteiger partial charge in [0.2, 0.25) is 0 Å². The van der Waals surface area contributed by atoms with Gasteiger partial charge in [-0.05, 0) is 105 Å². The SMILES string of the molecule is c1ccc(-c2cccc(-c3cccc(-c4cc5c6c(c4)Oc4cccc7c4B6c4c(cccc4N7c4ccccc4)O5)c3)c2)cc1. The summed E-state index contributed by atoms with van der Waals surface area (Å²) >= 11 is 0. The second kappa shape index (κ2) is 9.75. The Labute approximate surface area is 268 Å². The third-order valence-electron chi connectivity index (χ3n) is 9.49. The van der Waals surface area contributed by atoms with E-state index >= 15 is 0 Å². The molecule has 0 fully saturated rings. The smallest absolute Gasteiger partial charge is 0.266 e. The Morgan fingerprint density at radius 1 is 0.348 bits per heavy atom. The van der Waals surface area contributed by atoms with Gasteiger partial charge in [0.1, 0.15) is 23.0 Å². The third-order valence-corrected chi connectivity index (χ3v) is 9.49. The number of hydrogen-bond acceptors (Lipinski definition) is 3. The summed E-state index contributed by atoms with van der Waals surface area (Å²) in [7, 11) is 0. The summed E-state index contributed by atoms with van der Waals surface area (Å²) in [6.45, 7) is 0.0333. The third kappa shape index (κ3) is 3.74. The van der Waals surface area contributed by atoms with Crippen LogP contribution in [0.3, 0.4) is 0 Å². The van der Waals surface area contributed by atoms with E-state index in [0.717, 1.165) is 56.6 Å². The van der Waals surface area contributed by atoms with E-state index in [0.29, 0.717) is 0 Å². The van der Waals surface area contributed by atoms with Crippen LogP contribution in [0.4, 0.5) is 17.1 Å². The van der Waals surface area contributed by atoms with Crippen molar-refractivity contribution in [3.05, 3.63) is 158 Å². The number of rotatable bonds is 4. The molecule has 10 rings (SSSR count). The Hall–Kier alpha value is -6.00. The minimum Gasteiger partial charge on any atom is -0.458 e. The summed E-state index contributed by atoms with van der Waals surface area (Å²) in [5.74, 6) is 3.50. The van der Waals surface area contributed by atoms with Gasteiger partial charge in [-0.2, -0.15) is 0 Å². The van der Waals surface area contributed by atoms with Crippen molar-refractivity contribution in [2.24, 2.45) is 0 Å². The van der Waals surface area contributed by atoms with Gasteiger partial charge in [0.15, 0.2) is 0 Å². The molecule has 0 saturated heterocycles. The van der Waals surface area contributed by atoms with Crippen molar-refractivity contribution in [2.75, 3.05) is 4.90 Å². The molecule has 0 aromatic heterocycles. The fraction of sp³-hybridized carbons (Fsp3) is 0. The minimum atomic E-state index is 0.0333. The van der Waals surface area contributed by atoms with E-state index < -0.39 is 0 Å². The molecule has 0 bridgehead atoms. The summed E-state index contributed by atoms with van der Waals surface area (Å²) in [6.07, 6.45) is 0. The van der Waals surface area contributed by atoms with Gasteiger partial charge in [0.25, 0.3) is 6.71 Å². The van der Waals surface area contributed by atoms with Crippen molar-refractivity contribution in [2.45, 2.75) is 0 Å². The van der Waals surface area contributed by atoms with Crippen molar-refractivity contribution in [1.82, 2.24) is 0 Å². The van der Waals surface area contributed by atoms with Gasteiger partial charge in [-0.15, -0.1) is 0 Å². The average Bonchev–Trinajstić information content (AvgIpc) is 3.12. The van der Waals surface area contributed by atoms with E-state index in [2.05, 4.69) is 163 Å². The van der Waals surface area contributed by atoms with Crippen LogP contribution in [0.2, 0.25) is 0 Å². The van der Waals surface area contributed by atoms with Crippen molar-refractivity contribution in [1.29, 1.82) is 0 Å². The number of nitrogens with zero attached hydrogens (tertiary/aromatic N) is 1. The second-order valence-corrected chi connectivity index (χ2v) is 12.1. The molecule has 0 atom stereocenters. The van der Waals surface area contributed by atoms with Crippen molar-refractivity contribution < 1.29 is 9.47 Å². The first-order valence-electron chi connectivity index (χ1n) is 15.7. The van der Waals surface area contributed by atoms with Crippen LogP contribution in [-0.4, -0.2) is 6.71 Å². The van der Waals surface area contributed by atoms with E-state index in [9.17, 15) is 0 Å². The maximum Gasteiger partial charge on any atom is 0.266 e. The Morgan fingerprint density at radius 2 is 0.804 bits per heavy atom. The lowest BCUT2D eigenvalue weighted by molar-refractivity contribution is 0.464. The van der Waals surface area contributed by atoms with E-state index in [1.165, 1.54) is 33.2 Å². The first kappa shape index (κ1) is 25.3. The monoisotopic (exact) mass is 587 g/mol. The molecular weight excluding hydrogens is 561 g/mol. The lowest BCUT2D eigenvalue weighted by Gasteiger charge is -2.42. The van der Waals surface area contributed by atoms with Crippen LogP contribution in [0.5, 0.6) is 23.0 Å². The summed E-state index contributed by atoms with van der Waals surface area (Å²) in [6, 6.07) is 55.8. The topological polar surface area (TPSA) is 21.7 Å². The molecule has 0 N–H and O–H groups in total. The molecular formula is C42H26BNO2. The van der Waals surface area contributed by atoms with Crippen molar-refractivity contribution in [3.8, 4) is 56.4 Å². The highest BCUT2D eigenvalue weighted by Gasteiger charge is 2.47. The van der Waals surface area contributed by atoms with E-state index in [-0.39, 0.29) is 6.71 Å². The number of benzene rings is 7. The van der Waals surface area contributed by atoms with Gasteiger partial charge in [-0.1, -0.05) is 97.1 Å². The zero-order valence-corrected chi connectivity index (χ0v) is 24.9. The summed E-state index contributed by atoms with van der Waals surface area (Å²) in [4.78, 5) is 2.34. The highest BCUT2D eigenvalue weighted by Crippen LogP contribution is 2.46. The van der Waals surface area contributed by atoms with Gasteiger partial charge in [-0.3, -0.25) is 0 Å². The first-order chi connectivity index (χ1) is 22.8. The van der Waals surface area contributed by atoms with E-state index in [4.69, 9.17) is 9.47 Å². The Kier molecular flexibility index (Phi) is 5.37. The quantitative estimate of drug-likeness (QED) is 0.192. The highest BCUT2D eigenvalue weighted by molar-refractivity contribution is 7.00. The van der Waals surface area contributed by atoms with Crippen molar-refractivity contribution >= 4 is 40.2 Å². The molecule has 7 aromatic carbocycles. The van der Waals surface area contributed by atoms with Gasteiger partial charge >= 0.3 is 0 Å². The minimum absolute atomic E-state index is 0.0333. The van der Waals surface area contributed by atoms with Crippen LogP contribution in [0.25, 0.3) is 33.4 Å². The summed E-state index contributed by atoms with van der Waals surface area (Å²) in [5.41, 5.74) is 13.8. The van der Waals surface area contributed by atoms with Crippen LogP contribution in [0.15, 0.2) is 158 Å². The molecule has 0 saturated carbocycles. The predicted octanol–water partition coefficient (Wildman–Crippen LogP) is 9.20. The normalized spacial score (nSPS) is 13.0. The number of anilines is 3. The number of hydrogen-bond donors (Lipinski definition) is 0. The van der Waals surface area contributed by atoms with E-state index in [1.54, 1.807) is 0 Å². The molecule has 0 aliphatic carbocycles. The molecule has 46 heavy (non-hydrogen) atoms. The second-order valence-electron chi connectivity index (χ2n) is 12.1. The van der Waals surface area contributed by atoms with Crippen LogP contribution in [0, 0.1) is 0 Å². The highest BCUT2D eigenvalue weighted by atomic mass is 16.5. The average molecular weight is 587 g/mol. The van der Waals surface area contributed by atoms with Gasteiger partial charge in [0, 0.05) is 22.5 Å². The van der Waals surface area contributed by atoms with Crippen LogP contribution in [-0.2, 0) is 0 Å². The summed E-state index contributed by atoms with van der Waals surface area (Å²) < 4.78 is 13.5. The Morgan fingerprint density at radius 3 is 1.37 bits per heavy atom. The maximum absolute atomic E-state index is 6.77. The Balaban J connectivity index is 1.11. The fourth-order valence-corrected chi connectivity index (χ4v) is 7.48. The van der Waals surface area contributed by atoms with Gasteiger partial charge in [0.05, 0.1) is 0 Å². The zero-order chi connectivity index (χ0) is 30.2. The van der Waals surface area contributed by atoms with Gasteiger partial charge < -0.3 is 14.4 Å². The standard InChI is InChI=1S/C42H26BNO2/c1-3-11-27(12-4-1)28-13-7-14-29(23-28)30-15-8-16-31(24-30)32-25-38-42-39(26-32)46-37-22-10-20-35-41(37)43(42)40-34(19-9-21-36(40)45-38)44(35)33-17-5-2-6-18-33/h1-26H. The molecule has 214 valence electrons. The lowest BCUT2D eigenvalue weighted by atomic mass is 9.33. The molecule has 3 heterocycles. The van der Waals surface area contributed by atoms with Gasteiger partial charge in [-0.25, -0.2) is 0 Å².